The first-order valence-corrected chi connectivity index (χ1v) is 30.2. The second-order valence-electron chi connectivity index (χ2n) is 22.8. The Hall–Kier alpha value is -11.4. The molecule has 15 aromatic rings. The van der Waals surface area contributed by atoms with Gasteiger partial charge in [0.1, 0.15) is 0 Å². The molecule has 2 aliphatic rings. The van der Waals surface area contributed by atoms with Crippen LogP contribution in [0.2, 0.25) is 0 Å². The van der Waals surface area contributed by atoms with Gasteiger partial charge in [-0.3, -0.25) is 0 Å². The van der Waals surface area contributed by atoms with Gasteiger partial charge in [0.05, 0.1) is 11.4 Å². The van der Waals surface area contributed by atoms with Gasteiger partial charge in [-0.2, -0.15) is 0 Å². The van der Waals surface area contributed by atoms with Gasteiger partial charge in [-0.1, -0.05) is 309 Å². The number of rotatable bonds is 11. The zero-order valence-electron chi connectivity index (χ0n) is 47.7. The van der Waals surface area contributed by atoms with Crippen molar-refractivity contribution >= 4 is 38.6 Å². The fourth-order valence-corrected chi connectivity index (χ4v) is 14.7. The highest BCUT2D eigenvalue weighted by Gasteiger charge is 2.38. The van der Waals surface area contributed by atoms with Crippen LogP contribution in [0.15, 0.2) is 334 Å². The summed E-state index contributed by atoms with van der Waals surface area (Å²) >= 11 is 0. The van der Waals surface area contributed by atoms with E-state index < -0.39 is 0 Å². The third-order valence-electron chi connectivity index (χ3n) is 18.1. The first kappa shape index (κ1) is 50.2. The van der Waals surface area contributed by atoms with Gasteiger partial charge in [0.25, 0.3) is 0 Å². The molecule has 0 bridgehead atoms. The maximum atomic E-state index is 2.54. The Morgan fingerprint density at radius 2 is 0.356 bits per heavy atom. The molecule has 0 heterocycles. The molecule has 0 fully saturated rings. The topological polar surface area (TPSA) is 3.24 Å². The van der Waals surface area contributed by atoms with Crippen molar-refractivity contribution in [3.05, 3.63) is 334 Å². The molecule has 0 N–H and O–H groups in total. The largest absolute Gasteiger partial charge is 0.309 e. The van der Waals surface area contributed by atoms with Crippen molar-refractivity contribution in [2.24, 2.45) is 0 Å². The lowest BCUT2D eigenvalue weighted by Gasteiger charge is -2.29. The Balaban J connectivity index is 0.968. The van der Waals surface area contributed by atoms with Crippen molar-refractivity contribution in [1.82, 2.24) is 0 Å². The number of fused-ring (bicyclic) bond motifs is 6. The summed E-state index contributed by atoms with van der Waals surface area (Å²) in [6, 6.07) is 124. The fourth-order valence-electron chi connectivity index (χ4n) is 14.7. The molecule has 1 heteroatoms. The predicted molar refractivity (Wildman–Crippen MR) is 368 cm³/mol. The molecule has 0 radical (unpaired) electrons. The maximum absolute atomic E-state index is 2.54. The minimum Gasteiger partial charge on any atom is -0.309 e. The van der Waals surface area contributed by atoms with E-state index in [0.29, 0.717) is 0 Å². The predicted octanol–water partition coefficient (Wildman–Crippen LogP) is 24.1. The third kappa shape index (κ3) is 7.94. The van der Waals surface area contributed by atoms with Crippen LogP contribution in [0.3, 0.4) is 0 Å². The van der Waals surface area contributed by atoms with Crippen LogP contribution in [-0.2, 0) is 0 Å². The summed E-state index contributed by atoms with van der Waals surface area (Å²) in [5.41, 5.74) is 32.7. The van der Waals surface area contributed by atoms with Gasteiger partial charge in [0.15, 0.2) is 0 Å². The lowest BCUT2D eigenvalue weighted by molar-refractivity contribution is 1.31. The summed E-state index contributed by atoms with van der Waals surface area (Å²) < 4.78 is 0. The Morgan fingerprint density at radius 1 is 0.149 bits per heavy atom. The SMILES string of the molecule is c1ccc(-c2c(-c3ccccc3)c(-c3ccccc3)c3c(c2-c2ccccc2)-c2cccc4c(N(c5ccccc5)c5ccc6c7c(cccc57)-c5c(-c7ccccc7)c(-c7ccccc7)c(-c7ccccc7)c(-c7ccccc7)c5-6)ccc-3c24)cc1. The Kier molecular flexibility index (Phi) is 12.0. The molecule has 404 valence electrons. The standard InChI is InChI=1S/C86H55N/c1-10-30-56(31-11-1)73-75(58-34-14-3-15-35-58)79(62-42-22-7-23-43-62)85-69-52-54-71(65-48-28-50-67(81(65)69)83(85)77(73)60-38-18-5-19-39-60)87(64-46-26-9-27-47-64)72-55-53-70-82-66(72)49-29-51-68(82)84-78(61-40-20-6-21-41-61)74(57-32-12-2-13-33-57)76(59-36-16-4-17-37-59)80(86(70)84)63-44-24-8-25-45-63/h1-55H. The number of nitrogens with zero attached hydrogens (tertiary/aromatic N) is 1. The smallest absolute Gasteiger partial charge is 0.0540 e. The van der Waals surface area contributed by atoms with Crippen LogP contribution in [0.4, 0.5) is 17.1 Å². The molecule has 87 heavy (non-hydrogen) atoms. The van der Waals surface area contributed by atoms with E-state index in [9.17, 15) is 0 Å². The van der Waals surface area contributed by atoms with Gasteiger partial charge in [-0.15, -0.1) is 0 Å². The highest BCUT2D eigenvalue weighted by atomic mass is 15.1. The molecule has 2 aliphatic carbocycles. The lowest BCUT2D eigenvalue weighted by atomic mass is 9.76. The summed E-state index contributed by atoms with van der Waals surface area (Å²) in [6.45, 7) is 0. The molecule has 15 aromatic carbocycles. The van der Waals surface area contributed by atoms with E-state index in [1.54, 1.807) is 0 Å². The van der Waals surface area contributed by atoms with Crippen molar-refractivity contribution < 1.29 is 0 Å². The Bertz CT molecular complexity index is 4580. The van der Waals surface area contributed by atoms with Crippen molar-refractivity contribution in [2.45, 2.75) is 0 Å². The number of hydrogen-bond donors (Lipinski definition) is 0. The molecule has 0 atom stereocenters. The molecule has 0 saturated heterocycles. The lowest BCUT2D eigenvalue weighted by Crippen LogP contribution is -2.11. The molecular weight excluding hydrogens is 1050 g/mol. The number of hydrogen-bond acceptors (Lipinski definition) is 1. The van der Waals surface area contributed by atoms with Crippen LogP contribution >= 0.6 is 0 Å². The molecule has 17 rings (SSSR count). The highest BCUT2D eigenvalue weighted by Crippen LogP contribution is 2.64. The normalized spacial score (nSPS) is 11.7. The van der Waals surface area contributed by atoms with Crippen LogP contribution in [-0.4, -0.2) is 0 Å². The number of benzene rings is 15. The van der Waals surface area contributed by atoms with Gasteiger partial charge in [-0.25, -0.2) is 0 Å². The number of anilines is 3. The van der Waals surface area contributed by atoms with Crippen molar-refractivity contribution in [3.8, 4) is 134 Å². The highest BCUT2D eigenvalue weighted by molar-refractivity contribution is 6.30. The molecule has 1 nitrogen and oxygen atoms in total. The average molecular weight is 1100 g/mol. The van der Waals surface area contributed by atoms with Crippen molar-refractivity contribution in [3.63, 3.8) is 0 Å². The zero-order chi connectivity index (χ0) is 57.4. The van der Waals surface area contributed by atoms with E-state index in [1.165, 1.54) is 155 Å². The van der Waals surface area contributed by atoms with Gasteiger partial charge in [0.2, 0.25) is 0 Å². The third-order valence-corrected chi connectivity index (χ3v) is 18.1. The maximum Gasteiger partial charge on any atom is 0.0540 e. The monoisotopic (exact) mass is 1100 g/mol. The van der Waals surface area contributed by atoms with E-state index in [0.717, 1.165) is 17.1 Å². The van der Waals surface area contributed by atoms with Gasteiger partial charge in [0, 0.05) is 16.5 Å². The molecule has 0 amide bonds. The molecule has 0 aliphatic heterocycles. The quantitative estimate of drug-likeness (QED) is 0.125. The van der Waals surface area contributed by atoms with E-state index in [-0.39, 0.29) is 0 Å². The van der Waals surface area contributed by atoms with Crippen LogP contribution < -0.4 is 4.90 Å². The first-order chi connectivity index (χ1) is 43.3. The summed E-state index contributed by atoms with van der Waals surface area (Å²) in [4.78, 5) is 2.54. The van der Waals surface area contributed by atoms with E-state index >= 15 is 0 Å². The van der Waals surface area contributed by atoms with Crippen LogP contribution in [0.25, 0.3) is 155 Å². The second kappa shape index (κ2) is 20.7. The van der Waals surface area contributed by atoms with Gasteiger partial charge in [-0.05, 0) is 169 Å². The molecule has 0 saturated carbocycles. The minimum absolute atomic E-state index is 1.09. The van der Waals surface area contributed by atoms with Crippen LogP contribution in [0.1, 0.15) is 0 Å². The minimum atomic E-state index is 1.09. The fraction of sp³-hybridized carbons (Fsp3) is 0. The summed E-state index contributed by atoms with van der Waals surface area (Å²) in [7, 11) is 0. The average Bonchev–Trinajstić information content (AvgIpc) is 1.66. The summed E-state index contributed by atoms with van der Waals surface area (Å²) in [6.07, 6.45) is 0. The van der Waals surface area contributed by atoms with E-state index in [4.69, 9.17) is 0 Å². The Morgan fingerprint density at radius 3 is 0.598 bits per heavy atom. The summed E-state index contributed by atoms with van der Waals surface area (Å²) in [5, 5.41) is 4.89. The van der Waals surface area contributed by atoms with Crippen molar-refractivity contribution in [1.29, 1.82) is 0 Å². The molecule has 0 unspecified atom stereocenters. The van der Waals surface area contributed by atoms with Crippen LogP contribution in [0, 0.1) is 0 Å². The van der Waals surface area contributed by atoms with Gasteiger partial charge < -0.3 is 4.90 Å². The zero-order valence-corrected chi connectivity index (χ0v) is 47.7. The van der Waals surface area contributed by atoms with E-state index in [2.05, 4.69) is 339 Å². The van der Waals surface area contributed by atoms with Crippen LogP contribution in [0.5, 0.6) is 0 Å². The molecule has 0 spiro atoms. The molecular formula is C86H55N. The van der Waals surface area contributed by atoms with Crippen molar-refractivity contribution in [2.75, 3.05) is 4.90 Å². The molecule has 0 aromatic heterocycles. The second-order valence-corrected chi connectivity index (χ2v) is 22.8. The summed E-state index contributed by atoms with van der Waals surface area (Å²) in [5.74, 6) is 0. The number of para-hydroxylation sites is 1. The van der Waals surface area contributed by atoms with E-state index in [1.807, 2.05) is 0 Å². The van der Waals surface area contributed by atoms with Gasteiger partial charge >= 0.3 is 0 Å². The Labute approximate surface area is 507 Å². The first-order valence-electron chi connectivity index (χ1n) is 30.2.